The predicted octanol–water partition coefficient (Wildman–Crippen LogP) is 1.90. The highest BCUT2D eigenvalue weighted by Crippen LogP contribution is 2.15. The van der Waals surface area contributed by atoms with Gasteiger partial charge in [0.1, 0.15) is 11.0 Å². The van der Waals surface area contributed by atoms with E-state index in [0.29, 0.717) is 5.82 Å². The molecule has 2 rings (SSSR count). The number of pyridine rings is 1. The summed E-state index contributed by atoms with van der Waals surface area (Å²) in [6.45, 7) is 0. The van der Waals surface area contributed by atoms with E-state index in [1.54, 1.807) is 25.2 Å². The molecule has 8 heteroatoms. The van der Waals surface area contributed by atoms with Crippen molar-refractivity contribution in [1.29, 1.82) is 0 Å². The second kappa shape index (κ2) is 6.11. The Morgan fingerprint density at radius 2 is 1.86 bits per heavy atom. The topological polar surface area (TPSA) is 88.2 Å². The molecule has 1 aromatic heterocycles. The first kappa shape index (κ1) is 15.3. The molecule has 6 nitrogen and oxygen atoms in total. The molecule has 0 spiro atoms. The van der Waals surface area contributed by atoms with Crippen LogP contribution in [0, 0.1) is 0 Å². The lowest BCUT2D eigenvalue weighted by molar-refractivity contribution is 0.0981. The van der Waals surface area contributed by atoms with Crippen LogP contribution in [0.3, 0.4) is 0 Å². The van der Waals surface area contributed by atoms with E-state index in [2.05, 4.69) is 10.3 Å². The minimum Gasteiger partial charge on any atom is -0.373 e. The van der Waals surface area contributed by atoms with Crippen LogP contribution in [0.15, 0.2) is 47.4 Å². The molecule has 0 aliphatic carbocycles. The molecule has 0 saturated heterocycles. The van der Waals surface area contributed by atoms with Crippen LogP contribution in [0.2, 0.25) is 5.15 Å². The number of aromatic nitrogens is 1. The molecular weight excluding hydrogens is 314 g/mol. The first-order chi connectivity index (χ1) is 9.92. The van der Waals surface area contributed by atoms with Crippen LogP contribution in [0.25, 0.3) is 0 Å². The van der Waals surface area contributed by atoms with Gasteiger partial charge in [-0.25, -0.2) is 18.1 Å². The number of nitrogens with one attached hydrogen (secondary N) is 2. The molecule has 0 aliphatic heterocycles. The van der Waals surface area contributed by atoms with Crippen LogP contribution >= 0.6 is 11.6 Å². The predicted molar refractivity (Wildman–Crippen MR) is 79.9 cm³/mol. The Kier molecular flexibility index (Phi) is 4.44. The minimum absolute atomic E-state index is 0.00680. The van der Waals surface area contributed by atoms with Gasteiger partial charge < -0.3 is 5.32 Å². The fraction of sp³-hybridized carbons (Fsp3) is 0.0769. The number of carbonyl (C=O) groups excluding carboxylic acids is 1. The van der Waals surface area contributed by atoms with Crippen molar-refractivity contribution in [2.24, 2.45) is 0 Å². The van der Waals surface area contributed by atoms with Crippen LogP contribution in [-0.2, 0) is 10.0 Å². The third kappa shape index (κ3) is 3.71. The summed E-state index contributed by atoms with van der Waals surface area (Å²) in [4.78, 5) is 16.0. The molecule has 1 heterocycles. The molecule has 1 aromatic carbocycles. The van der Waals surface area contributed by atoms with Crippen molar-refractivity contribution >= 4 is 33.3 Å². The van der Waals surface area contributed by atoms with Gasteiger partial charge in [-0.1, -0.05) is 29.8 Å². The maximum absolute atomic E-state index is 12.1. The molecule has 1 amide bonds. The Bertz CT molecular complexity index is 763. The molecule has 21 heavy (non-hydrogen) atoms. The van der Waals surface area contributed by atoms with Gasteiger partial charge in [0.15, 0.2) is 0 Å². The molecule has 0 radical (unpaired) electrons. The van der Waals surface area contributed by atoms with Crippen molar-refractivity contribution in [3.05, 3.63) is 53.2 Å². The minimum atomic E-state index is -3.92. The van der Waals surface area contributed by atoms with Crippen LogP contribution in [-0.4, -0.2) is 26.4 Å². The van der Waals surface area contributed by atoms with Crippen LogP contribution in [0.1, 0.15) is 10.4 Å². The third-order valence-corrected chi connectivity index (χ3v) is 4.13. The van der Waals surface area contributed by atoms with Crippen LogP contribution in [0.4, 0.5) is 5.82 Å². The summed E-state index contributed by atoms with van der Waals surface area (Å²) >= 11 is 5.78. The average molecular weight is 326 g/mol. The quantitative estimate of drug-likeness (QED) is 0.838. The van der Waals surface area contributed by atoms with Crippen LogP contribution in [0.5, 0.6) is 0 Å². The zero-order valence-electron chi connectivity index (χ0n) is 11.0. The van der Waals surface area contributed by atoms with E-state index in [0.717, 1.165) is 0 Å². The summed E-state index contributed by atoms with van der Waals surface area (Å²) in [5.74, 6) is -0.413. The zero-order chi connectivity index (χ0) is 15.5. The lowest BCUT2D eigenvalue weighted by atomic mass is 10.2. The number of hydrogen-bond acceptors (Lipinski definition) is 5. The summed E-state index contributed by atoms with van der Waals surface area (Å²) in [7, 11) is -2.31. The lowest BCUT2D eigenvalue weighted by Crippen LogP contribution is -2.30. The summed E-state index contributed by atoms with van der Waals surface area (Å²) in [6, 6.07) is 10.3. The largest absolute Gasteiger partial charge is 0.373 e. The smallest absolute Gasteiger partial charge is 0.265 e. The van der Waals surface area contributed by atoms with Crippen molar-refractivity contribution in [3.63, 3.8) is 0 Å². The molecule has 0 fully saturated rings. The second-order valence-electron chi connectivity index (χ2n) is 4.06. The van der Waals surface area contributed by atoms with E-state index < -0.39 is 15.9 Å². The van der Waals surface area contributed by atoms with Gasteiger partial charge >= 0.3 is 0 Å². The van der Waals surface area contributed by atoms with Gasteiger partial charge in [0.2, 0.25) is 0 Å². The normalized spacial score (nSPS) is 11.0. The van der Waals surface area contributed by atoms with Gasteiger partial charge in [-0.15, -0.1) is 0 Å². The number of hydrogen-bond donors (Lipinski definition) is 2. The Morgan fingerprint density at radius 1 is 1.19 bits per heavy atom. The van der Waals surface area contributed by atoms with E-state index >= 15 is 0 Å². The lowest BCUT2D eigenvalue weighted by Gasteiger charge is -2.08. The van der Waals surface area contributed by atoms with E-state index in [4.69, 9.17) is 11.6 Å². The Hall–Kier alpha value is -2.12. The number of carbonyl (C=O) groups is 1. The Morgan fingerprint density at radius 3 is 2.48 bits per heavy atom. The van der Waals surface area contributed by atoms with E-state index in [9.17, 15) is 13.2 Å². The summed E-state index contributed by atoms with van der Waals surface area (Å²) in [5, 5.41) is 2.82. The van der Waals surface area contributed by atoms with Gasteiger partial charge in [0.25, 0.3) is 15.9 Å². The molecule has 0 atom stereocenters. The fourth-order valence-corrected chi connectivity index (χ4v) is 2.80. The maximum atomic E-state index is 12.1. The second-order valence-corrected chi connectivity index (χ2v) is 6.13. The van der Waals surface area contributed by atoms with E-state index in [-0.39, 0.29) is 15.6 Å². The van der Waals surface area contributed by atoms with Gasteiger partial charge in [0.05, 0.1) is 4.90 Å². The highest BCUT2D eigenvalue weighted by atomic mass is 35.5. The molecule has 110 valence electrons. The number of halogens is 1. The Labute approximate surface area is 127 Å². The maximum Gasteiger partial charge on any atom is 0.265 e. The summed E-state index contributed by atoms with van der Waals surface area (Å²) < 4.78 is 26.1. The molecule has 0 unspecified atom stereocenters. The van der Waals surface area contributed by atoms with Crippen molar-refractivity contribution in [3.8, 4) is 0 Å². The number of sulfonamides is 1. The van der Waals surface area contributed by atoms with Crippen molar-refractivity contribution < 1.29 is 13.2 Å². The van der Waals surface area contributed by atoms with Crippen LogP contribution < -0.4 is 10.0 Å². The van der Waals surface area contributed by atoms with Crippen molar-refractivity contribution in [1.82, 2.24) is 9.71 Å². The number of anilines is 1. The first-order valence-corrected chi connectivity index (χ1v) is 7.76. The fourth-order valence-electron chi connectivity index (χ4n) is 1.60. The van der Waals surface area contributed by atoms with Gasteiger partial charge in [-0.2, -0.15) is 0 Å². The van der Waals surface area contributed by atoms with Crippen molar-refractivity contribution in [2.75, 3.05) is 12.4 Å². The average Bonchev–Trinajstić information content (AvgIpc) is 2.47. The Balaban J connectivity index is 2.28. The number of rotatable bonds is 4. The summed E-state index contributed by atoms with van der Waals surface area (Å²) in [6.07, 6.45) is 0. The van der Waals surface area contributed by atoms with Gasteiger partial charge in [-0.05, 0) is 24.3 Å². The molecule has 0 aliphatic rings. The van der Waals surface area contributed by atoms with Gasteiger partial charge in [-0.3, -0.25) is 4.79 Å². The molecule has 0 bridgehead atoms. The molecule has 2 N–H and O–H groups in total. The van der Waals surface area contributed by atoms with E-state index in [1.165, 1.54) is 24.3 Å². The molecular formula is C13H12ClN3O3S. The van der Waals surface area contributed by atoms with Crippen molar-refractivity contribution in [2.45, 2.75) is 4.90 Å². The summed E-state index contributed by atoms with van der Waals surface area (Å²) in [5.41, 5.74) is 0.0962. The SMILES string of the molecule is CNc1cc(C(=O)NS(=O)(=O)c2ccccc2)cc(Cl)n1. The highest BCUT2D eigenvalue weighted by molar-refractivity contribution is 7.90. The zero-order valence-corrected chi connectivity index (χ0v) is 12.6. The first-order valence-electron chi connectivity index (χ1n) is 5.90. The number of amides is 1. The number of nitrogens with zero attached hydrogens (tertiary/aromatic N) is 1. The number of benzene rings is 1. The van der Waals surface area contributed by atoms with E-state index in [1.807, 2.05) is 4.72 Å². The third-order valence-electron chi connectivity index (χ3n) is 2.59. The molecule has 2 aromatic rings. The monoisotopic (exact) mass is 325 g/mol. The molecule has 0 saturated carbocycles. The standard InChI is InChI=1S/C13H12ClN3O3S/c1-15-12-8-9(7-11(14)16-12)13(18)17-21(19,20)10-5-3-2-4-6-10/h2-8H,1H3,(H,15,16)(H,17,18). The van der Waals surface area contributed by atoms with Gasteiger partial charge in [0, 0.05) is 12.6 Å². The highest BCUT2D eigenvalue weighted by Gasteiger charge is 2.19.